The third-order valence-corrected chi connectivity index (χ3v) is 2.92. The predicted octanol–water partition coefficient (Wildman–Crippen LogP) is 1.12. The number of ether oxygens (including phenoxy) is 2. The summed E-state index contributed by atoms with van der Waals surface area (Å²) < 4.78 is 59.8. The lowest BCUT2D eigenvalue weighted by molar-refractivity contribution is -0.161. The molecule has 0 radical (unpaired) electrons. The first-order chi connectivity index (χ1) is 7.99. The van der Waals surface area contributed by atoms with Gasteiger partial charge < -0.3 is 20.8 Å². The Balaban J connectivity index is 0. The highest BCUT2D eigenvalue weighted by Crippen LogP contribution is 2.15. The molecule has 0 saturated carbocycles. The third-order valence-electron chi connectivity index (χ3n) is 1.47. The van der Waals surface area contributed by atoms with Crippen LogP contribution < -0.4 is 0 Å². The molecule has 5 nitrogen and oxygen atoms in total. The van der Waals surface area contributed by atoms with E-state index in [2.05, 4.69) is 3.79 Å². The fourth-order valence-electron chi connectivity index (χ4n) is 0.762. The minimum absolute atomic E-state index is 0. The molecule has 104 valence electrons. The summed E-state index contributed by atoms with van der Waals surface area (Å²) in [5.41, 5.74) is 0. The van der Waals surface area contributed by atoms with Gasteiger partial charge in [0, 0.05) is 28.9 Å². The Morgan fingerprint density at radius 3 is 1.71 bits per heavy atom. The number of hydrogen-bond acceptors (Lipinski definition) is 5. The molecule has 0 heterocycles. The molecule has 0 N–H and O–H groups in total. The Hall–Kier alpha value is 0.122. The third kappa shape index (κ3) is 12.4. The van der Waals surface area contributed by atoms with Crippen molar-refractivity contribution in [3.05, 3.63) is 0 Å². The minimum Gasteiger partial charge on any atom is -0.452 e. The summed E-state index contributed by atoms with van der Waals surface area (Å²) in [7, 11) is 2.92. The molecule has 0 saturated heterocycles. The molecule has 0 spiro atoms. The Bertz CT molecular complexity index is 177. The maximum Gasteiger partial charge on any atom is 0.905 e. The monoisotopic (exact) mass is 278 g/mol. The fourth-order valence-corrected chi connectivity index (χ4v) is 1.95. The summed E-state index contributed by atoms with van der Waals surface area (Å²) in [6, 6.07) is 0. The van der Waals surface area contributed by atoms with Crippen LogP contribution in [0.25, 0.3) is 0 Å². The maximum absolute atomic E-state index is 11.9. The van der Waals surface area contributed by atoms with Gasteiger partial charge in [-0.1, -0.05) is 0 Å². The van der Waals surface area contributed by atoms with E-state index in [0.29, 0.717) is 0 Å². The summed E-state index contributed by atoms with van der Waals surface area (Å²) in [6.07, 6.45) is -4.39. The molecule has 0 aliphatic carbocycles. The lowest BCUT2D eigenvalue weighted by atomic mass is 10.7. The number of rotatable bonds is 10. The standard InChI is InChI=1S/2C3H7O2.C2H2F3O.Al.H2/c2*1-5-3-2-4;3-2(4,5)1-6;;/h2*2-3H2,1H3;1H2;;1H/q3*-1;+3;. The van der Waals surface area contributed by atoms with Crippen LogP contribution >= 0.6 is 0 Å². The van der Waals surface area contributed by atoms with Crippen molar-refractivity contribution in [1.82, 2.24) is 0 Å². The molecule has 0 bridgehead atoms. The van der Waals surface area contributed by atoms with E-state index in [4.69, 9.17) is 17.1 Å². The lowest BCUT2D eigenvalue weighted by Gasteiger charge is -2.14. The van der Waals surface area contributed by atoms with Crippen molar-refractivity contribution in [3.63, 3.8) is 0 Å². The zero-order valence-corrected chi connectivity index (χ0v) is 10.9. The zero-order chi connectivity index (χ0) is 13.1. The van der Waals surface area contributed by atoms with Gasteiger partial charge in [0.1, 0.15) is 6.61 Å². The van der Waals surface area contributed by atoms with E-state index in [-0.39, 0.29) is 27.9 Å². The first-order valence-electron chi connectivity index (χ1n) is 4.89. The van der Waals surface area contributed by atoms with Crippen LogP contribution in [-0.2, 0) is 20.8 Å². The Morgan fingerprint density at radius 1 is 0.882 bits per heavy atom. The summed E-state index contributed by atoms with van der Waals surface area (Å²) >= 11 is -2.78. The van der Waals surface area contributed by atoms with Crippen molar-refractivity contribution in [1.29, 1.82) is 0 Å². The number of alkyl halides is 3. The quantitative estimate of drug-likeness (QED) is 0.443. The van der Waals surface area contributed by atoms with E-state index < -0.39 is 27.9 Å². The van der Waals surface area contributed by atoms with Gasteiger partial charge in [-0.05, 0) is 0 Å². The highest BCUT2D eigenvalue weighted by atomic mass is 27.3. The average Bonchev–Trinajstić information content (AvgIpc) is 2.24. The number of methoxy groups -OCH3 is 2. The van der Waals surface area contributed by atoms with Crippen LogP contribution in [0.15, 0.2) is 0 Å². The van der Waals surface area contributed by atoms with Crippen LogP contribution in [0.3, 0.4) is 0 Å². The average molecular weight is 278 g/mol. The summed E-state index contributed by atoms with van der Waals surface area (Å²) in [5.74, 6) is 0. The van der Waals surface area contributed by atoms with Gasteiger partial charge in [0.25, 0.3) is 0 Å². The maximum atomic E-state index is 11.9. The smallest absolute Gasteiger partial charge is 0.452 e. The van der Waals surface area contributed by atoms with Gasteiger partial charge in [-0.15, -0.1) is 0 Å². The molecule has 17 heavy (non-hydrogen) atoms. The van der Waals surface area contributed by atoms with Crippen LogP contribution in [0.2, 0.25) is 0 Å². The molecule has 0 rings (SSSR count). The second-order valence-electron chi connectivity index (χ2n) is 2.94. The van der Waals surface area contributed by atoms with Crippen LogP contribution in [0.4, 0.5) is 13.2 Å². The molecular weight excluding hydrogens is 260 g/mol. The zero-order valence-electron chi connectivity index (χ0n) is 9.79. The van der Waals surface area contributed by atoms with Gasteiger partial charge >= 0.3 is 21.3 Å². The van der Waals surface area contributed by atoms with Crippen LogP contribution in [0.5, 0.6) is 0 Å². The molecule has 0 atom stereocenters. The van der Waals surface area contributed by atoms with E-state index in [0.717, 1.165) is 0 Å². The van der Waals surface area contributed by atoms with E-state index in [1.54, 1.807) is 0 Å². The van der Waals surface area contributed by atoms with E-state index in [9.17, 15) is 13.2 Å². The number of hydrogen-bond donors (Lipinski definition) is 0. The van der Waals surface area contributed by atoms with Crippen molar-refractivity contribution in [2.75, 3.05) is 47.3 Å². The lowest BCUT2D eigenvalue weighted by Crippen LogP contribution is -2.34. The predicted molar refractivity (Wildman–Crippen MR) is 55.5 cm³/mol. The van der Waals surface area contributed by atoms with E-state index in [1.165, 1.54) is 14.2 Å². The molecule has 0 amide bonds. The van der Waals surface area contributed by atoms with Gasteiger partial charge in [-0.25, -0.2) is 0 Å². The molecule has 0 aromatic carbocycles. The van der Waals surface area contributed by atoms with Crippen LogP contribution in [0, 0.1) is 0 Å². The highest BCUT2D eigenvalue weighted by molar-refractivity contribution is 6.36. The summed E-state index contributed by atoms with van der Waals surface area (Å²) in [6.45, 7) is -0.556. The van der Waals surface area contributed by atoms with Crippen molar-refractivity contribution >= 4 is 15.1 Å². The molecule has 0 aromatic rings. The largest absolute Gasteiger partial charge is 0.905 e. The molecule has 0 aliphatic heterocycles. The van der Waals surface area contributed by atoms with Gasteiger partial charge in [0.05, 0.1) is 13.2 Å². The Labute approximate surface area is 105 Å². The fraction of sp³-hybridized carbons (Fsp3) is 1.00. The van der Waals surface area contributed by atoms with Gasteiger partial charge in [0.15, 0.2) is 0 Å². The van der Waals surface area contributed by atoms with Crippen molar-refractivity contribution < 1.29 is 35.4 Å². The van der Waals surface area contributed by atoms with Crippen molar-refractivity contribution in [2.24, 2.45) is 0 Å². The molecule has 9 heteroatoms. The van der Waals surface area contributed by atoms with Crippen LogP contribution in [0.1, 0.15) is 1.43 Å². The first-order valence-corrected chi connectivity index (χ1v) is 6.30. The van der Waals surface area contributed by atoms with Gasteiger partial charge in [-0.3, -0.25) is 0 Å². The minimum atomic E-state index is -4.39. The molecule has 0 fully saturated rings. The second kappa shape index (κ2) is 10.1. The van der Waals surface area contributed by atoms with Crippen molar-refractivity contribution in [2.45, 2.75) is 6.18 Å². The Morgan fingerprint density at radius 2 is 1.35 bits per heavy atom. The van der Waals surface area contributed by atoms with Gasteiger partial charge in [-0.2, -0.15) is 13.2 Å². The number of halogens is 3. The van der Waals surface area contributed by atoms with E-state index in [1.807, 2.05) is 0 Å². The normalized spacial score (nSPS) is 11.8. The molecule has 0 aliphatic rings. The highest BCUT2D eigenvalue weighted by Gasteiger charge is 2.37. The van der Waals surface area contributed by atoms with E-state index >= 15 is 0 Å². The summed E-state index contributed by atoms with van der Waals surface area (Å²) in [5, 5.41) is 0. The van der Waals surface area contributed by atoms with Crippen molar-refractivity contribution in [3.8, 4) is 0 Å². The molecular formula is C8H18AlF3O5. The summed E-state index contributed by atoms with van der Waals surface area (Å²) in [4.78, 5) is 0. The van der Waals surface area contributed by atoms with Crippen LogP contribution in [-0.4, -0.2) is 68.6 Å². The molecule has 0 aromatic heterocycles. The molecule has 0 unspecified atom stereocenters. The SMILES string of the molecule is COCC[O][Al]([O]CCOC)[O]CC(F)(F)F.[HH]. The second-order valence-corrected chi connectivity index (χ2v) is 4.52. The topological polar surface area (TPSA) is 46.2 Å². The van der Waals surface area contributed by atoms with Gasteiger partial charge in [0.2, 0.25) is 0 Å². The first kappa shape index (κ1) is 17.1. The Kier molecular flexibility index (Phi) is 10.2.